The Morgan fingerprint density at radius 3 is 2.53 bits per heavy atom. The van der Waals surface area contributed by atoms with Crippen LogP contribution in [0.25, 0.3) is 10.9 Å². The summed E-state index contributed by atoms with van der Waals surface area (Å²) in [6.45, 7) is 4.38. The predicted molar refractivity (Wildman–Crippen MR) is 139 cm³/mol. The van der Waals surface area contributed by atoms with E-state index in [1.807, 2.05) is 50.2 Å². The SMILES string of the molecule is CCOc1cc(CNC2CCC(CNc3nc(N(C)C)c4ccccc4n3)CC2)ccc1OC. The van der Waals surface area contributed by atoms with Crippen molar-refractivity contribution in [2.45, 2.75) is 45.2 Å². The van der Waals surface area contributed by atoms with Crippen LogP contribution in [0, 0.1) is 5.92 Å². The highest BCUT2D eigenvalue weighted by Crippen LogP contribution is 2.29. The third kappa shape index (κ3) is 5.89. The summed E-state index contributed by atoms with van der Waals surface area (Å²) in [5.41, 5.74) is 2.20. The number of para-hydroxylation sites is 1. The maximum Gasteiger partial charge on any atom is 0.225 e. The lowest BCUT2D eigenvalue weighted by Gasteiger charge is -2.29. The van der Waals surface area contributed by atoms with E-state index < -0.39 is 0 Å². The smallest absolute Gasteiger partial charge is 0.225 e. The predicted octanol–water partition coefficient (Wildman–Crippen LogP) is 4.86. The number of anilines is 2. The van der Waals surface area contributed by atoms with E-state index >= 15 is 0 Å². The van der Waals surface area contributed by atoms with Gasteiger partial charge in [-0.1, -0.05) is 18.2 Å². The van der Waals surface area contributed by atoms with Gasteiger partial charge >= 0.3 is 0 Å². The van der Waals surface area contributed by atoms with Crippen LogP contribution >= 0.6 is 0 Å². The molecule has 2 aromatic carbocycles. The van der Waals surface area contributed by atoms with E-state index in [4.69, 9.17) is 19.4 Å². The molecule has 7 heteroatoms. The topological polar surface area (TPSA) is 71.5 Å². The lowest BCUT2D eigenvalue weighted by Crippen LogP contribution is -2.34. The Balaban J connectivity index is 1.27. The van der Waals surface area contributed by atoms with Gasteiger partial charge in [0, 0.05) is 38.6 Å². The molecule has 0 saturated heterocycles. The van der Waals surface area contributed by atoms with Crippen molar-refractivity contribution < 1.29 is 9.47 Å². The van der Waals surface area contributed by atoms with E-state index in [9.17, 15) is 0 Å². The summed E-state index contributed by atoms with van der Waals surface area (Å²) in [5.74, 6) is 3.90. The van der Waals surface area contributed by atoms with Gasteiger partial charge in [0.05, 0.1) is 19.2 Å². The van der Waals surface area contributed by atoms with Gasteiger partial charge in [-0.3, -0.25) is 0 Å². The Kier molecular flexibility index (Phi) is 8.06. The minimum absolute atomic E-state index is 0.547. The molecule has 2 N–H and O–H groups in total. The number of methoxy groups -OCH3 is 1. The van der Waals surface area contributed by atoms with Gasteiger partial charge in [0.15, 0.2) is 11.5 Å². The van der Waals surface area contributed by atoms with Crippen molar-refractivity contribution in [3.05, 3.63) is 48.0 Å². The molecular formula is C27H37N5O2. The summed E-state index contributed by atoms with van der Waals surface area (Å²) in [6, 6.07) is 14.9. The summed E-state index contributed by atoms with van der Waals surface area (Å²) < 4.78 is 11.1. The number of hydrogen-bond acceptors (Lipinski definition) is 7. The summed E-state index contributed by atoms with van der Waals surface area (Å²) in [7, 11) is 5.73. The molecule has 4 rings (SSSR count). The molecule has 1 aliphatic rings. The fourth-order valence-electron chi connectivity index (χ4n) is 4.65. The van der Waals surface area contributed by atoms with Gasteiger partial charge in [-0.25, -0.2) is 4.98 Å². The Hall–Kier alpha value is -3.06. The molecular weight excluding hydrogens is 426 g/mol. The highest BCUT2D eigenvalue weighted by Gasteiger charge is 2.21. The second kappa shape index (κ2) is 11.4. The van der Waals surface area contributed by atoms with E-state index in [2.05, 4.69) is 28.8 Å². The zero-order valence-corrected chi connectivity index (χ0v) is 20.8. The molecule has 3 aromatic rings. The van der Waals surface area contributed by atoms with E-state index in [0.29, 0.717) is 24.5 Å². The number of aromatic nitrogens is 2. The van der Waals surface area contributed by atoms with E-state index in [1.54, 1.807) is 7.11 Å². The van der Waals surface area contributed by atoms with Gasteiger partial charge < -0.3 is 25.0 Å². The number of nitrogens with one attached hydrogen (secondary N) is 2. The minimum atomic E-state index is 0.547. The van der Waals surface area contributed by atoms with E-state index in [1.165, 1.54) is 31.2 Å². The van der Waals surface area contributed by atoms with Crippen molar-refractivity contribution in [3.8, 4) is 11.5 Å². The van der Waals surface area contributed by atoms with Crippen LogP contribution < -0.4 is 25.0 Å². The average molecular weight is 464 g/mol. The number of ether oxygens (including phenoxy) is 2. The van der Waals surface area contributed by atoms with Crippen molar-refractivity contribution in [1.82, 2.24) is 15.3 Å². The van der Waals surface area contributed by atoms with Crippen molar-refractivity contribution >= 4 is 22.7 Å². The summed E-state index contributed by atoms with van der Waals surface area (Å²) >= 11 is 0. The molecule has 0 atom stereocenters. The van der Waals surface area contributed by atoms with Gasteiger partial charge in [-0.05, 0) is 68.4 Å². The molecule has 0 bridgehead atoms. The molecule has 0 amide bonds. The molecule has 0 unspecified atom stereocenters. The van der Waals surface area contributed by atoms with Crippen LogP contribution in [0.1, 0.15) is 38.2 Å². The van der Waals surface area contributed by atoms with Crippen LogP contribution in [0.2, 0.25) is 0 Å². The highest BCUT2D eigenvalue weighted by molar-refractivity contribution is 5.90. The molecule has 0 aliphatic heterocycles. The number of hydrogen-bond donors (Lipinski definition) is 2. The zero-order chi connectivity index (χ0) is 23.9. The highest BCUT2D eigenvalue weighted by atomic mass is 16.5. The third-order valence-electron chi connectivity index (χ3n) is 6.53. The Bertz CT molecular complexity index is 1080. The molecule has 1 fully saturated rings. The van der Waals surface area contributed by atoms with Gasteiger partial charge in [-0.2, -0.15) is 4.98 Å². The fourth-order valence-corrected chi connectivity index (χ4v) is 4.65. The molecule has 182 valence electrons. The van der Waals surface area contributed by atoms with Crippen molar-refractivity contribution in [1.29, 1.82) is 0 Å². The van der Waals surface area contributed by atoms with Crippen molar-refractivity contribution in [2.24, 2.45) is 5.92 Å². The molecule has 7 nitrogen and oxygen atoms in total. The first-order valence-corrected chi connectivity index (χ1v) is 12.3. The van der Waals surface area contributed by atoms with Gasteiger partial charge in [-0.15, -0.1) is 0 Å². The molecule has 1 aliphatic carbocycles. The van der Waals surface area contributed by atoms with Gasteiger partial charge in [0.25, 0.3) is 0 Å². The molecule has 1 aromatic heterocycles. The fraction of sp³-hybridized carbons (Fsp3) is 0.481. The average Bonchev–Trinajstić information content (AvgIpc) is 2.86. The number of rotatable bonds is 10. The van der Waals surface area contributed by atoms with E-state index in [0.717, 1.165) is 41.3 Å². The molecule has 34 heavy (non-hydrogen) atoms. The number of fused-ring (bicyclic) bond motifs is 1. The van der Waals surface area contributed by atoms with Crippen LogP contribution in [0.3, 0.4) is 0 Å². The summed E-state index contributed by atoms with van der Waals surface area (Å²) in [5, 5.41) is 8.32. The molecule has 1 saturated carbocycles. The lowest BCUT2D eigenvalue weighted by atomic mass is 9.86. The Labute approximate surface area is 202 Å². The zero-order valence-electron chi connectivity index (χ0n) is 20.8. The Morgan fingerprint density at radius 2 is 1.79 bits per heavy atom. The molecule has 0 spiro atoms. The number of nitrogens with zero attached hydrogens (tertiary/aromatic N) is 3. The quantitative estimate of drug-likeness (QED) is 0.445. The molecule has 1 heterocycles. The van der Waals surface area contributed by atoms with Crippen LogP contribution in [0.15, 0.2) is 42.5 Å². The minimum Gasteiger partial charge on any atom is -0.493 e. The van der Waals surface area contributed by atoms with Crippen LogP contribution in [0.5, 0.6) is 11.5 Å². The summed E-state index contributed by atoms with van der Waals surface area (Å²) in [4.78, 5) is 11.5. The first kappa shape index (κ1) is 24.1. The Morgan fingerprint density at radius 1 is 1.00 bits per heavy atom. The van der Waals surface area contributed by atoms with Crippen LogP contribution in [0.4, 0.5) is 11.8 Å². The normalized spacial score (nSPS) is 18.0. The molecule has 0 radical (unpaired) electrons. The maximum atomic E-state index is 5.71. The second-order valence-electron chi connectivity index (χ2n) is 9.18. The summed E-state index contributed by atoms with van der Waals surface area (Å²) in [6.07, 6.45) is 4.77. The standard InChI is InChI=1S/C27H37N5O2/c1-5-34-25-16-20(12-15-24(25)33-4)18-28-21-13-10-19(11-14-21)17-29-27-30-23-9-7-6-8-22(23)26(31-27)32(2)3/h6-9,12,15-16,19,21,28H,5,10-11,13-14,17-18H2,1-4H3,(H,29,30,31). The van der Waals surface area contributed by atoms with Crippen LogP contribution in [-0.4, -0.2) is 50.4 Å². The maximum absolute atomic E-state index is 5.71. The van der Waals surface area contributed by atoms with Crippen molar-refractivity contribution in [2.75, 3.05) is 44.6 Å². The number of benzene rings is 2. The van der Waals surface area contributed by atoms with Crippen molar-refractivity contribution in [3.63, 3.8) is 0 Å². The third-order valence-corrected chi connectivity index (χ3v) is 6.53. The van der Waals surface area contributed by atoms with Gasteiger partial charge in [0.1, 0.15) is 5.82 Å². The lowest BCUT2D eigenvalue weighted by molar-refractivity contribution is 0.298. The largest absolute Gasteiger partial charge is 0.493 e. The van der Waals surface area contributed by atoms with Gasteiger partial charge in [0.2, 0.25) is 5.95 Å². The first-order chi connectivity index (χ1) is 16.6. The first-order valence-electron chi connectivity index (χ1n) is 12.3. The van der Waals surface area contributed by atoms with Crippen LogP contribution in [-0.2, 0) is 6.54 Å². The monoisotopic (exact) mass is 463 g/mol. The van der Waals surface area contributed by atoms with E-state index in [-0.39, 0.29) is 0 Å². The second-order valence-corrected chi connectivity index (χ2v) is 9.18.